The van der Waals surface area contributed by atoms with Crippen LogP contribution < -0.4 is 10.1 Å². The first-order valence-corrected chi connectivity index (χ1v) is 7.42. The Hall–Kier alpha value is -0.750. The van der Waals surface area contributed by atoms with Crippen molar-refractivity contribution in [1.29, 1.82) is 0 Å². The first-order chi connectivity index (χ1) is 9.39. The number of nitrogens with one attached hydrogen (secondary N) is 1. The summed E-state index contributed by atoms with van der Waals surface area (Å²) >= 11 is 3.41. The summed E-state index contributed by atoms with van der Waals surface area (Å²) in [5, 5.41) is 2.91. The number of likely N-dealkylation sites (N-methyl/N-ethyl adjacent to an activating group) is 1. The lowest BCUT2D eigenvalue weighted by atomic mass is 9.99. The van der Waals surface area contributed by atoms with E-state index in [2.05, 4.69) is 21.2 Å². The smallest absolute Gasteiger partial charge is 0.390 e. The molecule has 0 radical (unpaired) electrons. The summed E-state index contributed by atoms with van der Waals surface area (Å²) in [5.41, 5.74) is 1.90. The number of hydrogen-bond donors (Lipinski definition) is 1. The average molecular weight is 352 g/mol. The molecule has 0 amide bonds. The Labute approximate surface area is 124 Å². The molecule has 1 unspecified atom stereocenters. The van der Waals surface area contributed by atoms with Gasteiger partial charge in [0.05, 0.1) is 13.0 Å². The third-order valence-corrected chi connectivity index (χ3v) is 3.72. The van der Waals surface area contributed by atoms with Gasteiger partial charge in [-0.15, -0.1) is 0 Å². The highest BCUT2D eigenvalue weighted by molar-refractivity contribution is 9.10. The van der Waals surface area contributed by atoms with Crippen LogP contribution in [0.25, 0.3) is 0 Å². The van der Waals surface area contributed by atoms with E-state index in [1.54, 1.807) is 0 Å². The molecule has 2 nitrogen and oxygen atoms in total. The van der Waals surface area contributed by atoms with Crippen LogP contribution in [0.1, 0.15) is 24.5 Å². The van der Waals surface area contributed by atoms with Crippen LogP contribution in [0.3, 0.4) is 0 Å². The number of ether oxygens (including phenoxy) is 1. The van der Waals surface area contributed by atoms with Gasteiger partial charge >= 0.3 is 6.18 Å². The quantitative estimate of drug-likeness (QED) is 0.869. The van der Waals surface area contributed by atoms with E-state index in [4.69, 9.17) is 4.74 Å². The highest BCUT2D eigenvalue weighted by Gasteiger charge is 2.32. The molecule has 2 rings (SSSR count). The molecule has 1 aliphatic heterocycles. The molecule has 1 aromatic rings. The van der Waals surface area contributed by atoms with Gasteiger partial charge in [0.1, 0.15) is 5.75 Å². The summed E-state index contributed by atoms with van der Waals surface area (Å²) in [7, 11) is 0. The van der Waals surface area contributed by atoms with Crippen LogP contribution in [0.15, 0.2) is 16.6 Å². The van der Waals surface area contributed by atoms with E-state index in [-0.39, 0.29) is 0 Å². The van der Waals surface area contributed by atoms with Gasteiger partial charge in [0.2, 0.25) is 0 Å². The van der Waals surface area contributed by atoms with Crippen LogP contribution in [-0.2, 0) is 12.8 Å². The third-order valence-electron chi connectivity index (χ3n) is 3.26. The van der Waals surface area contributed by atoms with Crippen LogP contribution in [0.5, 0.6) is 5.75 Å². The molecule has 1 aromatic carbocycles. The fraction of sp³-hybridized carbons (Fsp3) is 0.571. The largest absolute Gasteiger partial charge is 0.493 e. The fourth-order valence-corrected chi connectivity index (χ4v) is 3.10. The van der Waals surface area contributed by atoms with Gasteiger partial charge in [0, 0.05) is 16.9 Å². The van der Waals surface area contributed by atoms with Crippen molar-refractivity contribution in [2.45, 2.75) is 38.4 Å². The van der Waals surface area contributed by atoms with Gasteiger partial charge in [-0.25, -0.2) is 0 Å². The number of rotatable bonds is 5. The van der Waals surface area contributed by atoms with Crippen molar-refractivity contribution < 1.29 is 17.9 Å². The van der Waals surface area contributed by atoms with Crippen molar-refractivity contribution in [3.8, 4) is 5.75 Å². The summed E-state index contributed by atoms with van der Waals surface area (Å²) in [6, 6.07) is 3.20. The zero-order valence-electron chi connectivity index (χ0n) is 11.2. The van der Waals surface area contributed by atoms with Gasteiger partial charge in [0.15, 0.2) is 0 Å². The van der Waals surface area contributed by atoms with Crippen molar-refractivity contribution in [2.75, 3.05) is 13.2 Å². The van der Waals surface area contributed by atoms with Crippen LogP contribution in [0, 0.1) is 0 Å². The minimum absolute atomic E-state index is 0.315. The molecule has 0 bridgehead atoms. The van der Waals surface area contributed by atoms with Crippen LogP contribution >= 0.6 is 15.9 Å². The minimum atomic E-state index is -4.16. The molecule has 0 aliphatic carbocycles. The zero-order chi connectivity index (χ0) is 14.8. The van der Waals surface area contributed by atoms with E-state index in [1.807, 2.05) is 19.1 Å². The maximum atomic E-state index is 12.6. The van der Waals surface area contributed by atoms with Gasteiger partial charge in [-0.3, -0.25) is 0 Å². The summed E-state index contributed by atoms with van der Waals surface area (Å²) in [5.74, 6) is 0.762. The molecule has 6 heteroatoms. The molecule has 1 heterocycles. The van der Waals surface area contributed by atoms with Crippen molar-refractivity contribution >= 4 is 15.9 Å². The molecular weight excluding hydrogens is 335 g/mol. The van der Waals surface area contributed by atoms with E-state index in [1.165, 1.54) is 0 Å². The Morgan fingerprint density at radius 2 is 2.15 bits per heavy atom. The highest BCUT2D eigenvalue weighted by Crippen LogP contribution is 2.34. The van der Waals surface area contributed by atoms with E-state index in [0.717, 1.165) is 27.8 Å². The van der Waals surface area contributed by atoms with Gasteiger partial charge in [-0.1, -0.05) is 22.9 Å². The van der Waals surface area contributed by atoms with Gasteiger partial charge in [-0.05, 0) is 36.2 Å². The Morgan fingerprint density at radius 1 is 1.40 bits per heavy atom. The molecule has 112 valence electrons. The minimum Gasteiger partial charge on any atom is -0.493 e. The summed E-state index contributed by atoms with van der Waals surface area (Å²) in [4.78, 5) is 0. The van der Waals surface area contributed by atoms with Gasteiger partial charge < -0.3 is 10.1 Å². The molecule has 20 heavy (non-hydrogen) atoms. The molecule has 1 aliphatic rings. The second-order valence-corrected chi connectivity index (χ2v) is 5.85. The average Bonchev–Trinajstić information content (AvgIpc) is 2.74. The van der Waals surface area contributed by atoms with E-state index >= 15 is 0 Å². The van der Waals surface area contributed by atoms with E-state index in [9.17, 15) is 13.2 Å². The topological polar surface area (TPSA) is 21.3 Å². The van der Waals surface area contributed by atoms with Crippen molar-refractivity contribution in [2.24, 2.45) is 0 Å². The number of alkyl halides is 3. The summed E-state index contributed by atoms with van der Waals surface area (Å²) < 4.78 is 44.3. The Morgan fingerprint density at radius 3 is 2.80 bits per heavy atom. The first-order valence-electron chi connectivity index (χ1n) is 6.63. The number of fused-ring (bicyclic) bond motifs is 1. The first kappa shape index (κ1) is 15.6. The molecule has 1 N–H and O–H groups in total. The molecule has 0 saturated heterocycles. The predicted molar refractivity (Wildman–Crippen MR) is 75.2 cm³/mol. The van der Waals surface area contributed by atoms with Gasteiger partial charge in [-0.2, -0.15) is 13.2 Å². The molecule has 1 atom stereocenters. The third kappa shape index (κ3) is 4.12. The fourth-order valence-electron chi connectivity index (χ4n) is 2.55. The SMILES string of the molecule is CCNC(Cc1cc(Br)cc2c1OCC2)CC(F)(F)F. The molecule has 0 fully saturated rings. The number of halogens is 4. The summed E-state index contributed by atoms with van der Waals surface area (Å²) in [6.45, 7) is 2.92. The lowest BCUT2D eigenvalue weighted by molar-refractivity contribution is -0.139. The normalized spacial score (nSPS) is 15.8. The monoisotopic (exact) mass is 351 g/mol. The van der Waals surface area contributed by atoms with Gasteiger partial charge in [0.25, 0.3) is 0 Å². The Balaban J connectivity index is 2.18. The molecule has 0 spiro atoms. The van der Waals surface area contributed by atoms with Crippen LogP contribution in [-0.4, -0.2) is 25.4 Å². The second-order valence-electron chi connectivity index (χ2n) is 4.93. The highest BCUT2D eigenvalue weighted by atomic mass is 79.9. The predicted octanol–water partition coefficient (Wildman–Crippen LogP) is 3.86. The molecule has 0 aromatic heterocycles. The zero-order valence-corrected chi connectivity index (χ0v) is 12.8. The molecule has 0 saturated carbocycles. The standard InChI is InChI=1S/C14H17BrF3NO/c1-2-19-12(8-14(16,17)18)7-10-6-11(15)5-9-3-4-20-13(9)10/h5-6,12,19H,2-4,7-8H2,1H3. The second kappa shape index (κ2) is 6.35. The number of benzene rings is 1. The number of hydrogen-bond acceptors (Lipinski definition) is 2. The lowest BCUT2D eigenvalue weighted by Gasteiger charge is -2.21. The van der Waals surface area contributed by atoms with E-state index < -0.39 is 18.6 Å². The van der Waals surface area contributed by atoms with Crippen LogP contribution in [0.4, 0.5) is 13.2 Å². The van der Waals surface area contributed by atoms with Crippen molar-refractivity contribution in [1.82, 2.24) is 5.32 Å². The maximum absolute atomic E-state index is 12.6. The van der Waals surface area contributed by atoms with Crippen molar-refractivity contribution in [3.05, 3.63) is 27.7 Å². The maximum Gasteiger partial charge on any atom is 0.390 e. The molecular formula is C14H17BrF3NO. The Bertz CT molecular complexity index is 476. The Kier molecular flexibility index (Phi) is 4.96. The van der Waals surface area contributed by atoms with E-state index in [0.29, 0.717) is 19.6 Å². The van der Waals surface area contributed by atoms with Crippen LogP contribution in [0.2, 0.25) is 0 Å². The summed E-state index contributed by atoms with van der Waals surface area (Å²) in [6.07, 6.45) is -3.87. The van der Waals surface area contributed by atoms with Crippen molar-refractivity contribution in [3.63, 3.8) is 0 Å². The lowest BCUT2D eigenvalue weighted by Crippen LogP contribution is -2.35.